The van der Waals surface area contributed by atoms with Gasteiger partial charge in [0.15, 0.2) is 0 Å². The zero-order valence-electron chi connectivity index (χ0n) is 14.1. The molecule has 0 radical (unpaired) electrons. The minimum Gasteiger partial charge on any atom is -0.497 e. The van der Waals surface area contributed by atoms with Crippen molar-refractivity contribution in [2.45, 2.75) is 35.9 Å². The van der Waals surface area contributed by atoms with E-state index in [1.807, 2.05) is 31.2 Å². The maximum absolute atomic E-state index is 12.6. The first-order valence-corrected chi connectivity index (χ1v) is 10.6. The summed E-state index contributed by atoms with van der Waals surface area (Å²) in [5, 5.41) is 9.83. The van der Waals surface area contributed by atoms with E-state index in [1.54, 1.807) is 13.2 Å². The van der Waals surface area contributed by atoms with E-state index in [0.717, 1.165) is 35.5 Å². The quantitative estimate of drug-likeness (QED) is 0.670. The lowest BCUT2D eigenvalue weighted by Gasteiger charge is -2.26. The van der Waals surface area contributed by atoms with E-state index in [-0.39, 0.29) is 16.7 Å². The average molecular weight is 404 g/mol. The van der Waals surface area contributed by atoms with E-state index in [2.05, 4.69) is 4.72 Å². The molecule has 8 heteroatoms. The summed E-state index contributed by atoms with van der Waals surface area (Å²) in [5.74, 6) is 0.583. The van der Waals surface area contributed by atoms with Gasteiger partial charge in [0.05, 0.1) is 24.1 Å². The Kier molecular flexibility index (Phi) is 7.27. The van der Waals surface area contributed by atoms with Crippen molar-refractivity contribution in [1.82, 2.24) is 4.72 Å². The van der Waals surface area contributed by atoms with Crippen molar-refractivity contribution < 1.29 is 18.3 Å². The van der Waals surface area contributed by atoms with Crippen LogP contribution in [-0.2, 0) is 10.0 Å². The van der Waals surface area contributed by atoms with Gasteiger partial charge in [0.2, 0.25) is 10.0 Å². The van der Waals surface area contributed by atoms with Gasteiger partial charge in [0.1, 0.15) is 9.96 Å². The van der Waals surface area contributed by atoms with Crippen LogP contribution in [0.2, 0.25) is 4.34 Å². The summed E-state index contributed by atoms with van der Waals surface area (Å²) in [6.45, 7) is 1.73. The van der Waals surface area contributed by atoms with Crippen LogP contribution < -0.4 is 9.46 Å². The first kappa shape index (κ1) is 20.2. The van der Waals surface area contributed by atoms with Crippen LogP contribution in [0, 0.1) is 0 Å². The highest BCUT2D eigenvalue weighted by Crippen LogP contribution is 2.30. The second-order valence-corrected chi connectivity index (χ2v) is 9.29. The molecule has 0 saturated carbocycles. The summed E-state index contributed by atoms with van der Waals surface area (Å²) in [5.41, 5.74) is 0.952. The van der Waals surface area contributed by atoms with Gasteiger partial charge in [-0.2, -0.15) is 0 Å². The molecule has 2 rings (SSSR count). The van der Waals surface area contributed by atoms with Crippen LogP contribution in [0.3, 0.4) is 0 Å². The van der Waals surface area contributed by atoms with Gasteiger partial charge in [0.25, 0.3) is 0 Å². The predicted octanol–water partition coefficient (Wildman–Crippen LogP) is 3.63. The third-order valence-electron chi connectivity index (χ3n) is 3.95. The summed E-state index contributed by atoms with van der Waals surface area (Å²) in [6.07, 6.45) is 1.60. The topological polar surface area (TPSA) is 75.6 Å². The standard InChI is InChI=1S/C17H22ClNO4S2/c1-3-4-14(12-5-7-13(23-2)8-6-12)15(11-20)19-25(21,22)17-10-9-16(18)24-17/h5-10,14-15,19-20H,3-4,11H2,1-2H3/t14-,15-/m1/s1. The number of benzene rings is 1. The first-order valence-electron chi connectivity index (χ1n) is 7.93. The van der Waals surface area contributed by atoms with Crippen LogP contribution in [0.1, 0.15) is 31.2 Å². The lowest BCUT2D eigenvalue weighted by Crippen LogP contribution is -2.41. The fraction of sp³-hybridized carbons (Fsp3) is 0.412. The highest BCUT2D eigenvalue weighted by molar-refractivity contribution is 7.91. The number of aliphatic hydroxyl groups is 1. The lowest BCUT2D eigenvalue weighted by molar-refractivity contribution is 0.234. The lowest BCUT2D eigenvalue weighted by atomic mass is 9.88. The fourth-order valence-electron chi connectivity index (χ4n) is 2.71. The Balaban J connectivity index is 2.27. The Bertz CT molecular complexity index is 774. The number of rotatable bonds is 9. The molecule has 25 heavy (non-hydrogen) atoms. The van der Waals surface area contributed by atoms with Gasteiger partial charge >= 0.3 is 0 Å². The fourth-order valence-corrected chi connectivity index (χ4v) is 5.48. The van der Waals surface area contributed by atoms with E-state index >= 15 is 0 Å². The monoisotopic (exact) mass is 403 g/mol. The maximum atomic E-state index is 12.6. The molecule has 0 spiro atoms. The molecule has 1 aromatic carbocycles. The first-order chi connectivity index (χ1) is 11.9. The van der Waals surface area contributed by atoms with Gasteiger partial charge in [0, 0.05) is 5.92 Å². The van der Waals surface area contributed by atoms with Gasteiger partial charge in [-0.25, -0.2) is 13.1 Å². The van der Waals surface area contributed by atoms with Crippen LogP contribution in [0.15, 0.2) is 40.6 Å². The number of sulfonamides is 1. The van der Waals surface area contributed by atoms with Gasteiger partial charge in [-0.15, -0.1) is 11.3 Å². The maximum Gasteiger partial charge on any atom is 0.250 e. The van der Waals surface area contributed by atoms with Crippen LogP contribution in [-0.4, -0.2) is 33.3 Å². The molecule has 2 N–H and O–H groups in total. The molecular formula is C17H22ClNO4S2. The second kappa shape index (κ2) is 9.00. The SMILES string of the molecule is CCC[C@H](c1ccc(OC)cc1)[C@@H](CO)NS(=O)(=O)c1ccc(Cl)s1. The van der Waals surface area contributed by atoms with Crippen molar-refractivity contribution in [1.29, 1.82) is 0 Å². The molecule has 0 unspecified atom stereocenters. The molecule has 138 valence electrons. The van der Waals surface area contributed by atoms with E-state index < -0.39 is 16.1 Å². The van der Waals surface area contributed by atoms with E-state index in [0.29, 0.717) is 4.34 Å². The second-order valence-electron chi connectivity index (χ2n) is 5.64. The smallest absolute Gasteiger partial charge is 0.250 e. The molecule has 5 nitrogen and oxygen atoms in total. The van der Waals surface area contributed by atoms with Gasteiger partial charge in [-0.3, -0.25) is 0 Å². The van der Waals surface area contributed by atoms with Crippen molar-refractivity contribution in [3.8, 4) is 5.75 Å². The molecule has 2 aromatic rings. The Morgan fingerprint density at radius 2 is 1.92 bits per heavy atom. The molecule has 0 aliphatic rings. The third-order valence-corrected chi connectivity index (χ3v) is 7.16. The summed E-state index contributed by atoms with van der Waals surface area (Å²) in [4.78, 5) is 0. The predicted molar refractivity (Wildman–Crippen MR) is 101 cm³/mol. The summed E-state index contributed by atoms with van der Waals surface area (Å²) in [6, 6.07) is 9.85. The molecule has 0 aliphatic heterocycles. The number of nitrogens with one attached hydrogen (secondary N) is 1. The van der Waals surface area contributed by atoms with E-state index in [9.17, 15) is 13.5 Å². The van der Waals surface area contributed by atoms with Crippen LogP contribution in [0.4, 0.5) is 0 Å². The van der Waals surface area contributed by atoms with Crippen molar-refractivity contribution >= 4 is 33.0 Å². The average Bonchev–Trinajstić information content (AvgIpc) is 3.05. The molecule has 0 bridgehead atoms. The van der Waals surface area contributed by atoms with Crippen molar-refractivity contribution in [3.05, 3.63) is 46.3 Å². The Morgan fingerprint density at radius 3 is 2.40 bits per heavy atom. The van der Waals surface area contributed by atoms with Crippen molar-refractivity contribution in [2.75, 3.05) is 13.7 Å². The van der Waals surface area contributed by atoms with E-state index in [4.69, 9.17) is 16.3 Å². The highest BCUT2D eigenvalue weighted by atomic mass is 35.5. The Morgan fingerprint density at radius 1 is 1.24 bits per heavy atom. The minimum atomic E-state index is -3.74. The molecule has 1 aromatic heterocycles. The molecule has 1 heterocycles. The number of hydrogen-bond donors (Lipinski definition) is 2. The number of aliphatic hydroxyl groups excluding tert-OH is 1. The number of ether oxygens (including phenoxy) is 1. The normalized spacial score (nSPS) is 14.2. The molecular weight excluding hydrogens is 382 g/mol. The molecule has 0 fully saturated rings. The van der Waals surface area contributed by atoms with Crippen LogP contribution in [0.5, 0.6) is 5.75 Å². The number of thiophene rings is 1. The molecule has 0 aliphatic carbocycles. The largest absolute Gasteiger partial charge is 0.497 e. The molecule has 2 atom stereocenters. The number of halogens is 1. The van der Waals surface area contributed by atoms with Gasteiger partial charge in [-0.1, -0.05) is 37.1 Å². The van der Waals surface area contributed by atoms with Crippen LogP contribution in [0.25, 0.3) is 0 Å². The Hall–Kier alpha value is -1.12. The van der Waals surface area contributed by atoms with Crippen LogP contribution >= 0.6 is 22.9 Å². The summed E-state index contributed by atoms with van der Waals surface area (Å²) >= 11 is 6.83. The van der Waals surface area contributed by atoms with Crippen molar-refractivity contribution in [2.24, 2.45) is 0 Å². The Labute approximate surface area is 157 Å². The van der Waals surface area contributed by atoms with Gasteiger partial charge in [-0.05, 0) is 36.2 Å². The third kappa shape index (κ3) is 5.18. The van der Waals surface area contributed by atoms with E-state index in [1.165, 1.54) is 6.07 Å². The number of hydrogen-bond acceptors (Lipinski definition) is 5. The number of methoxy groups -OCH3 is 1. The zero-order valence-corrected chi connectivity index (χ0v) is 16.5. The molecule has 0 amide bonds. The minimum absolute atomic E-state index is 0.140. The zero-order chi connectivity index (χ0) is 18.4. The molecule has 0 saturated heterocycles. The summed E-state index contributed by atoms with van der Waals surface area (Å²) in [7, 11) is -2.14. The summed E-state index contributed by atoms with van der Waals surface area (Å²) < 4.78 is 33.5. The van der Waals surface area contributed by atoms with Gasteiger partial charge < -0.3 is 9.84 Å². The highest BCUT2D eigenvalue weighted by Gasteiger charge is 2.28. The van der Waals surface area contributed by atoms with Crippen molar-refractivity contribution in [3.63, 3.8) is 0 Å².